The zero-order chi connectivity index (χ0) is 54.7. The quantitative estimate of drug-likeness (QED) is 0.262. The Labute approximate surface area is 469 Å². The lowest BCUT2D eigenvalue weighted by atomic mass is 9.78. The highest BCUT2D eigenvalue weighted by molar-refractivity contribution is 5.79. The van der Waals surface area contributed by atoms with Crippen LogP contribution in [0.15, 0.2) is 24.3 Å². The number of rotatable bonds is 4. The first-order valence-corrected chi connectivity index (χ1v) is 31.2. The Morgan fingerprint density at radius 1 is 0.525 bits per heavy atom. The molecule has 16 heterocycles. The number of carbonyl (C=O) groups is 2. The number of hydrogen-bond donors (Lipinski definition) is 2. The van der Waals surface area contributed by atoms with Crippen LogP contribution in [0.4, 0.5) is 0 Å². The van der Waals surface area contributed by atoms with Gasteiger partial charge in [-0.15, -0.1) is 0 Å². The summed E-state index contributed by atoms with van der Waals surface area (Å²) in [5, 5.41) is 20.4. The van der Waals surface area contributed by atoms with Gasteiger partial charge < -0.3 is 81.3 Å². The van der Waals surface area contributed by atoms with Crippen LogP contribution in [-0.4, -0.2) is 192 Å². The van der Waals surface area contributed by atoms with E-state index in [-0.39, 0.29) is 159 Å². The second-order valence-electron chi connectivity index (χ2n) is 27.7. The lowest BCUT2D eigenvalue weighted by molar-refractivity contribution is -0.371. The SMILES string of the molecule is C=C1C[C@@H]2CC[C@@]34C[C@@H]5O[C@@H]6[C@@H](O[C@H]7CC[C@H](CC(=O)O[C@@H]8[C@@H](C)[C@@H]9O[C@@H]%10C[C@]%11(C[C@@H]%12O[C@]%13(C[C@H](C)[C@@H]%14O[C@H](CC(=O)CCO)C(O)C[C@@H]%14O%13)C[C@H](C)[C@@H]%12O%11)O[C@@H]%10C[C@@H]9O[C@H]8C[C@H]8O[C@@H](CC[C@@H]1O2)C[C@@H](C)C8=C)O[C@@H]7[C@@H]6O3)[C@H]5O4. The lowest BCUT2D eigenvalue weighted by Crippen LogP contribution is -2.62. The summed E-state index contributed by atoms with van der Waals surface area (Å²) < 4.78 is 104. The fourth-order valence-electron chi connectivity index (χ4n) is 18.3. The van der Waals surface area contributed by atoms with E-state index in [1.54, 1.807) is 0 Å². The minimum atomic E-state index is -0.939. The van der Waals surface area contributed by atoms with Crippen LogP contribution in [0.2, 0.25) is 0 Å². The number of hydrogen-bond acceptors (Lipinski definition) is 19. The molecule has 0 aliphatic carbocycles. The average molecular weight is 1120 g/mol. The van der Waals surface area contributed by atoms with Gasteiger partial charge in [0.25, 0.3) is 0 Å². The van der Waals surface area contributed by atoms with E-state index in [2.05, 4.69) is 40.9 Å². The maximum absolute atomic E-state index is 14.6. The standard InChI is InChI=1S/C61H86O19/c1-27-15-34-7-9-38-28(2)16-36(66-38)11-13-59-25-47-55(79-59)56-57(73-47)58(80-59)54-39(70-56)10-8-35(68-54)18-49(65)74-53-32(6)52-44(69-43(53)20-40(67-34)31(27)5)21-42-46(72-52)24-61(75-42)26-48-51(78-61)30(4)23-60(77-48)22-29(3)50-45(76-60)19-37(64)41(71-50)17-33(63)12-14-62/h27,29-30,32,34-48,50-58,62,64H,2,5,7-26H2,1,3-4,6H3/t27-,29+,30+,32+,34+,35-,36+,37?,38+,39+,40-,41-,42-,43+,44+,45+,46-,47+,48+,50+,51+,52+,53-,54+,55+,56+,57-,58+,59+,60-,61+/m1/s1. The van der Waals surface area contributed by atoms with Crippen LogP contribution in [0.1, 0.15) is 150 Å². The van der Waals surface area contributed by atoms with Crippen molar-refractivity contribution in [2.75, 3.05) is 6.61 Å². The summed E-state index contributed by atoms with van der Waals surface area (Å²) in [5.74, 6) is -3.05. The van der Waals surface area contributed by atoms with Gasteiger partial charge in [-0.05, 0) is 73.8 Å². The first-order valence-electron chi connectivity index (χ1n) is 31.2. The van der Waals surface area contributed by atoms with Crippen molar-refractivity contribution in [3.8, 4) is 0 Å². The third-order valence-electron chi connectivity index (χ3n) is 22.0. The van der Waals surface area contributed by atoms with Gasteiger partial charge in [-0.3, -0.25) is 9.59 Å². The summed E-state index contributed by atoms with van der Waals surface area (Å²) in [6, 6.07) is 0. The molecule has 3 spiro atoms. The maximum Gasteiger partial charge on any atom is 0.308 e. The fraction of sp³-hybridized carbons (Fsp3) is 0.902. The molecule has 16 rings (SSSR count). The fourth-order valence-corrected chi connectivity index (χ4v) is 18.3. The largest absolute Gasteiger partial charge is 0.459 e. The van der Waals surface area contributed by atoms with E-state index in [0.29, 0.717) is 64.2 Å². The van der Waals surface area contributed by atoms with Crippen LogP contribution < -0.4 is 0 Å². The van der Waals surface area contributed by atoms with Gasteiger partial charge in [-0.25, -0.2) is 0 Å². The van der Waals surface area contributed by atoms with Gasteiger partial charge in [-0.1, -0.05) is 40.9 Å². The molecule has 0 radical (unpaired) electrons. The molecular formula is C61H86O19. The van der Waals surface area contributed by atoms with E-state index in [1.165, 1.54) is 0 Å². The van der Waals surface area contributed by atoms with Crippen molar-refractivity contribution in [3.63, 3.8) is 0 Å². The molecule has 16 saturated heterocycles. The molecule has 16 fully saturated rings. The highest BCUT2D eigenvalue weighted by Gasteiger charge is 2.70. The molecule has 80 heavy (non-hydrogen) atoms. The molecule has 16 aliphatic heterocycles. The Bertz CT molecular complexity index is 2410. The smallest absolute Gasteiger partial charge is 0.308 e. The van der Waals surface area contributed by atoms with Gasteiger partial charge in [0.15, 0.2) is 17.4 Å². The predicted octanol–water partition coefficient (Wildman–Crippen LogP) is 5.52. The van der Waals surface area contributed by atoms with E-state index < -0.39 is 66.2 Å². The Balaban J connectivity index is 0.652. The Hall–Kier alpha value is -2.02. The van der Waals surface area contributed by atoms with Crippen LogP contribution in [0.5, 0.6) is 0 Å². The average Bonchev–Trinajstić information content (AvgIpc) is 4.36. The molecule has 1 unspecified atom stereocenters. The van der Waals surface area contributed by atoms with Crippen molar-refractivity contribution < 1.29 is 90.9 Å². The normalized spacial score (nSPS) is 56.9. The molecule has 12 bridgehead atoms. The predicted molar refractivity (Wildman–Crippen MR) is 277 cm³/mol. The number of aliphatic hydroxyl groups excluding tert-OH is 2. The van der Waals surface area contributed by atoms with E-state index in [9.17, 15) is 19.8 Å². The number of fused-ring (bicyclic) bond motifs is 10. The highest BCUT2D eigenvalue weighted by Crippen LogP contribution is 2.58. The van der Waals surface area contributed by atoms with Crippen molar-refractivity contribution in [1.82, 2.24) is 0 Å². The first kappa shape index (κ1) is 54.6. The number of aliphatic hydroxyl groups is 2. The summed E-state index contributed by atoms with van der Waals surface area (Å²) in [4.78, 5) is 27.0. The van der Waals surface area contributed by atoms with Crippen LogP contribution in [0, 0.1) is 23.7 Å². The molecule has 0 amide bonds. The molecule has 0 aromatic heterocycles. The van der Waals surface area contributed by atoms with Crippen molar-refractivity contribution in [2.45, 2.75) is 314 Å². The van der Waals surface area contributed by atoms with Crippen LogP contribution in [0.3, 0.4) is 0 Å². The van der Waals surface area contributed by atoms with Crippen LogP contribution in [-0.2, 0) is 80.6 Å². The van der Waals surface area contributed by atoms with Crippen molar-refractivity contribution in [3.05, 3.63) is 24.3 Å². The van der Waals surface area contributed by atoms with E-state index in [0.717, 1.165) is 49.7 Å². The van der Waals surface area contributed by atoms with Gasteiger partial charge in [0.05, 0.1) is 116 Å². The molecule has 16 aliphatic rings. The monoisotopic (exact) mass is 1120 g/mol. The molecule has 0 aromatic carbocycles. The van der Waals surface area contributed by atoms with Crippen molar-refractivity contribution >= 4 is 11.8 Å². The minimum absolute atomic E-state index is 0.0122. The third kappa shape index (κ3) is 9.51. The van der Waals surface area contributed by atoms with E-state index in [1.807, 2.05) is 0 Å². The molecule has 0 saturated carbocycles. The van der Waals surface area contributed by atoms with Gasteiger partial charge in [0.2, 0.25) is 0 Å². The van der Waals surface area contributed by atoms with Crippen LogP contribution >= 0.6 is 0 Å². The van der Waals surface area contributed by atoms with E-state index >= 15 is 0 Å². The zero-order valence-electron chi connectivity index (χ0n) is 47.1. The van der Waals surface area contributed by atoms with Gasteiger partial charge in [0.1, 0.15) is 42.4 Å². The van der Waals surface area contributed by atoms with E-state index in [4.69, 9.17) is 71.1 Å². The van der Waals surface area contributed by atoms with Gasteiger partial charge >= 0.3 is 5.97 Å². The molecule has 19 heteroatoms. The van der Waals surface area contributed by atoms with Crippen LogP contribution in [0.25, 0.3) is 0 Å². The maximum atomic E-state index is 14.6. The number of ketones is 1. The summed E-state index contributed by atoms with van der Waals surface area (Å²) in [6.45, 7) is 17.6. The Morgan fingerprint density at radius 2 is 1.20 bits per heavy atom. The molecule has 19 nitrogen and oxygen atoms in total. The molecule has 0 aromatic rings. The second-order valence-corrected chi connectivity index (χ2v) is 27.7. The minimum Gasteiger partial charge on any atom is -0.459 e. The van der Waals surface area contributed by atoms with Crippen molar-refractivity contribution in [2.24, 2.45) is 23.7 Å². The number of esters is 1. The van der Waals surface area contributed by atoms with Gasteiger partial charge in [0, 0.05) is 83.2 Å². The lowest BCUT2D eigenvalue weighted by Gasteiger charge is -2.54. The van der Waals surface area contributed by atoms with Gasteiger partial charge in [-0.2, -0.15) is 0 Å². The molecule has 31 atom stereocenters. The first-order chi connectivity index (χ1) is 38.5. The Morgan fingerprint density at radius 3 is 2.05 bits per heavy atom. The summed E-state index contributed by atoms with van der Waals surface area (Å²) >= 11 is 0. The molecule has 444 valence electrons. The Kier molecular flexibility index (Phi) is 14.0. The second kappa shape index (κ2) is 20.6. The summed E-state index contributed by atoms with van der Waals surface area (Å²) in [7, 11) is 0. The molecule has 2 N–H and O–H groups in total. The number of Topliss-reactive ketones (excluding diaryl/α,β-unsaturated/α-hetero) is 1. The summed E-state index contributed by atoms with van der Waals surface area (Å²) in [6.07, 6.45) is 2.59. The topological polar surface area (TPSA) is 213 Å². The third-order valence-corrected chi connectivity index (χ3v) is 22.0. The zero-order valence-corrected chi connectivity index (χ0v) is 47.1. The molecular weight excluding hydrogens is 1040 g/mol. The number of ether oxygens (including phenoxy) is 15. The highest BCUT2D eigenvalue weighted by atomic mass is 16.8. The summed E-state index contributed by atoms with van der Waals surface area (Å²) in [5.41, 5.74) is 2.15. The van der Waals surface area contributed by atoms with Crippen molar-refractivity contribution in [1.29, 1.82) is 0 Å². The number of carbonyl (C=O) groups excluding carboxylic acids is 2.